The number of rotatable bonds is 6. The van der Waals surface area contributed by atoms with Crippen molar-refractivity contribution in [2.75, 3.05) is 19.6 Å². The third-order valence-corrected chi connectivity index (χ3v) is 3.82. The van der Waals surface area contributed by atoms with Gasteiger partial charge in [0, 0.05) is 36.6 Å². The molecule has 1 aromatic heterocycles. The maximum atomic E-state index is 12.7. The molecular weight excluding hydrogens is 250 g/mol. The summed E-state index contributed by atoms with van der Waals surface area (Å²) < 4.78 is 0. The molecule has 0 spiro atoms. The fourth-order valence-corrected chi connectivity index (χ4v) is 2.66. The molecule has 1 aliphatic heterocycles. The highest BCUT2D eigenvalue weighted by atomic mass is 16.2. The van der Waals surface area contributed by atoms with Crippen molar-refractivity contribution in [2.24, 2.45) is 0 Å². The Morgan fingerprint density at radius 1 is 1.55 bits per heavy atom. The lowest BCUT2D eigenvalue weighted by atomic mass is 10.1. The summed E-state index contributed by atoms with van der Waals surface area (Å²) in [5.74, 6) is 0.137. The minimum Gasteiger partial charge on any atom is -0.337 e. The number of pyridine rings is 1. The summed E-state index contributed by atoms with van der Waals surface area (Å²) >= 11 is 0. The molecule has 0 aromatic carbocycles. The summed E-state index contributed by atoms with van der Waals surface area (Å²) in [6.07, 6.45) is 6.27. The second-order valence-corrected chi connectivity index (χ2v) is 5.58. The van der Waals surface area contributed by atoms with Crippen molar-refractivity contribution in [3.63, 3.8) is 0 Å². The molecule has 2 rings (SSSR count). The average Bonchev–Trinajstić information content (AvgIpc) is 2.95. The van der Waals surface area contributed by atoms with Crippen LogP contribution in [0.2, 0.25) is 0 Å². The maximum Gasteiger partial charge on any atom is 0.254 e. The van der Waals surface area contributed by atoms with E-state index in [4.69, 9.17) is 0 Å². The van der Waals surface area contributed by atoms with Crippen molar-refractivity contribution in [3.05, 3.63) is 29.6 Å². The Morgan fingerprint density at radius 3 is 3.05 bits per heavy atom. The molecule has 110 valence electrons. The minimum atomic E-state index is 0.137. The van der Waals surface area contributed by atoms with E-state index in [0.717, 1.165) is 43.7 Å². The van der Waals surface area contributed by atoms with E-state index in [1.54, 1.807) is 6.20 Å². The van der Waals surface area contributed by atoms with Gasteiger partial charge in [0.25, 0.3) is 5.91 Å². The van der Waals surface area contributed by atoms with E-state index in [-0.39, 0.29) is 5.91 Å². The molecule has 1 unspecified atom stereocenters. The number of carbonyl (C=O) groups excluding carboxylic acids is 1. The highest BCUT2D eigenvalue weighted by Crippen LogP contribution is 2.12. The molecule has 1 aromatic rings. The van der Waals surface area contributed by atoms with Gasteiger partial charge in [-0.25, -0.2) is 0 Å². The number of hydrogen-bond acceptors (Lipinski definition) is 3. The zero-order chi connectivity index (χ0) is 14.4. The van der Waals surface area contributed by atoms with E-state index >= 15 is 0 Å². The summed E-state index contributed by atoms with van der Waals surface area (Å²) in [5, 5.41) is 3.47. The van der Waals surface area contributed by atoms with Crippen LogP contribution in [0.3, 0.4) is 0 Å². The van der Waals surface area contributed by atoms with Crippen molar-refractivity contribution < 1.29 is 4.79 Å². The van der Waals surface area contributed by atoms with Crippen LogP contribution in [0.4, 0.5) is 0 Å². The van der Waals surface area contributed by atoms with Crippen LogP contribution in [0.1, 0.15) is 48.7 Å². The van der Waals surface area contributed by atoms with Crippen LogP contribution in [-0.4, -0.2) is 41.5 Å². The largest absolute Gasteiger partial charge is 0.337 e. The Morgan fingerprint density at radius 2 is 2.40 bits per heavy atom. The average molecular weight is 275 g/mol. The standard InChI is InChI=1S/C16H25N3O/c1-3-4-10-19(12-15-6-5-8-18-15)16(20)14-7-9-17-13(2)11-14/h7,9,11,15,18H,3-6,8,10,12H2,1-2H3. The zero-order valence-corrected chi connectivity index (χ0v) is 12.6. The Bertz CT molecular complexity index is 441. The first-order valence-corrected chi connectivity index (χ1v) is 7.66. The summed E-state index contributed by atoms with van der Waals surface area (Å²) in [4.78, 5) is 18.8. The van der Waals surface area contributed by atoms with E-state index < -0.39 is 0 Å². The molecule has 1 atom stereocenters. The summed E-state index contributed by atoms with van der Waals surface area (Å²) in [6, 6.07) is 4.15. The number of amides is 1. The fraction of sp³-hybridized carbons (Fsp3) is 0.625. The molecule has 0 radical (unpaired) electrons. The summed E-state index contributed by atoms with van der Waals surface area (Å²) in [7, 11) is 0. The predicted octanol–water partition coefficient (Wildman–Crippen LogP) is 2.38. The van der Waals surface area contributed by atoms with Gasteiger partial charge < -0.3 is 10.2 Å². The Kier molecular flexibility index (Phi) is 5.53. The van der Waals surface area contributed by atoms with Crippen LogP contribution < -0.4 is 5.32 Å². The predicted molar refractivity (Wildman–Crippen MR) is 80.8 cm³/mol. The van der Waals surface area contributed by atoms with Gasteiger partial charge in [-0.1, -0.05) is 13.3 Å². The SMILES string of the molecule is CCCCN(CC1CCCN1)C(=O)c1ccnc(C)c1. The van der Waals surface area contributed by atoms with Crippen molar-refractivity contribution >= 4 is 5.91 Å². The molecule has 4 nitrogen and oxygen atoms in total. The van der Waals surface area contributed by atoms with Crippen molar-refractivity contribution in [3.8, 4) is 0 Å². The molecule has 0 bridgehead atoms. The van der Waals surface area contributed by atoms with Gasteiger partial charge in [-0.15, -0.1) is 0 Å². The molecule has 1 saturated heterocycles. The van der Waals surface area contributed by atoms with Gasteiger partial charge in [-0.3, -0.25) is 9.78 Å². The van der Waals surface area contributed by atoms with E-state index in [2.05, 4.69) is 17.2 Å². The van der Waals surface area contributed by atoms with Crippen molar-refractivity contribution in [1.29, 1.82) is 0 Å². The van der Waals surface area contributed by atoms with Crippen LogP contribution in [0.25, 0.3) is 0 Å². The lowest BCUT2D eigenvalue weighted by Crippen LogP contribution is -2.41. The number of carbonyl (C=O) groups is 1. The molecule has 1 aliphatic rings. The summed E-state index contributed by atoms with van der Waals surface area (Å²) in [6.45, 7) is 6.82. The van der Waals surface area contributed by atoms with Gasteiger partial charge >= 0.3 is 0 Å². The van der Waals surface area contributed by atoms with Gasteiger partial charge in [0.15, 0.2) is 0 Å². The second kappa shape index (κ2) is 7.39. The van der Waals surface area contributed by atoms with Gasteiger partial charge in [-0.05, 0) is 44.9 Å². The third kappa shape index (κ3) is 4.04. The Hall–Kier alpha value is -1.42. The quantitative estimate of drug-likeness (QED) is 0.867. The zero-order valence-electron chi connectivity index (χ0n) is 12.6. The first-order chi connectivity index (χ1) is 9.70. The van der Waals surface area contributed by atoms with Gasteiger partial charge in [0.05, 0.1) is 0 Å². The number of nitrogens with zero attached hydrogens (tertiary/aromatic N) is 2. The lowest BCUT2D eigenvalue weighted by Gasteiger charge is -2.26. The molecule has 1 N–H and O–H groups in total. The number of nitrogens with one attached hydrogen (secondary N) is 1. The molecule has 0 aliphatic carbocycles. The molecular formula is C16H25N3O. The maximum absolute atomic E-state index is 12.7. The second-order valence-electron chi connectivity index (χ2n) is 5.58. The van der Waals surface area contributed by atoms with Crippen LogP contribution in [0.15, 0.2) is 18.3 Å². The number of unbranched alkanes of at least 4 members (excludes halogenated alkanes) is 1. The lowest BCUT2D eigenvalue weighted by molar-refractivity contribution is 0.0739. The van der Waals surface area contributed by atoms with E-state index in [1.165, 1.54) is 12.8 Å². The van der Waals surface area contributed by atoms with E-state index in [9.17, 15) is 4.79 Å². The number of aromatic nitrogens is 1. The molecule has 0 saturated carbocycles. The van der Waals surface area contributed by atoms with Crippen molar-refractivity contribution in [1.82, 2.24) is 15.2 Å². The highest BCUT2D eigenvalue weighted by Gasteiger charge is 2.22. The molecule has 1 amide bonds. The van der Waals surface area contributed by atoms with Crippen LogP contribution in [0.5, 0.6) is 0 Å². The monoisotopic (exact) mass is 275 g/mol. The number of hydrogen-bond donors (Lipinski definition) is 1. The Balaban J connectivity index is 2.05. The highest BCUT2D eigenvalue weighted by molar-refractivity contribution is 5.94. The normalized spacial score (nSPS) is 18.2. The first kappa shape index (κ1) is 15.0. The van der Waals surface area contributed by atoms with Gasteiger partial charge in [0.1, 0.15) is 0 Å². The van der Waals surface area contributed by atoms with Gasteiger partial charge in [-0.2, -0.15) is 0 Å². The Labute approximate surface area is 121 Å². The van der Waals surface area contributed by atoms with E-state index in [1.807, 2.05) is 24.0 Å². The first-order valence-electron chi connectivity index (χ1n) is 7.66. The van der Waals surface area contributed by atoms with E-state index in [0.29, 0.717) is 6.04 Å². The fourth-order valence-electron chi connectivity index (χ4n) is 2.66. The minimum absolute atomic E-state index is 0.137. The van der Waals surface area contributed by atoms with Gasteiger partial charge in [0.2, 0.25) is 0 Å². The molecule has 2 heterocycles. The number of aryl methyl sites for hydroxylation is 1. The topological polar surface area (TPSA) is 45.2 Å². The molecule has 1 fully saturated rings. The van der Waals surface area contributed by atoms with Crippen LogP contribution in [-0.2, 0) is 0 Å². The van der Waals surface area contributed by atoms with Crippen LogP contribution in [0, 0.1) is 6.92 Å². The van der Waals surface area contributed by atoms with Crippen LogP contribution >= 0.6 is 0 Å². The molecule has 4 heteroatoms. The summed E-state index contributed by atoms with van der Waals surface area (Å²) in [5.41, 5.74) is 1.65. The molecule has 20 heavy (non-hydrogen) atoms. The smallest absolute Gasteiger partial charge is 0.254 e. The van der Waals surface area contributed by atoms with Crippen molar-refractivity contribution in [2.45, 2.75) is 45.6 Å². The third-order valence-electron chi connectivity index (χ3n) is 3.82.